The van der Waals surface area contributed by atoms with Gasteiger partial charge in [0.2, 0.25) is 0 Å². The molecule has 0 aliphatic carbocycles. The number of ether oxygens (including phenoxy) is 1. The van der Waals surface area contributed by atoms with Gasteiger partial charge in [-0.05, 0) is 11.6 Å². The highest BCUT2D eigenvalue weighted by Crippen LogP contribution is 2.19. The van der Waals surface area contributed by atoms with Crippen molar-refractivity contribution in [3.05, 3.63) is 35.4 Å². The van der Waals surface area contributed by atoms with Crippen molar-refractivity contribution < 1.29 is 18.3 Å². The number of rotatable bonds is 4. The molecule has 69 valence electrons. The molecule has 0 amide bonds. The third kappa shape index (κ3) is 2.82. The van der Waals surface area contributed by atoms with Crippen molar-refractivity contribution in [3.8, 4) is 0 Å². The highest BCUT2D eigenvalue weighted by molar-refractivity contribution is 5.38. The first-order valence-electron chi connectivity index (χ1n) is 3.60. The maximum atomic E-state index is 12.2. The van der Waals surface area contributed by atoms with Crippen molar-refractivity contribution in [3.63, 3.8) is 0 Å². The van der Waals surface area contributed by atoms with E-state index in [1.54, 1.807) is 6.07 Å². The van der Waals surface area contributed by atoms with Gasteiger partial charge in [-0.1, -0.05) is 18.2 Å². The van der Waals surface area contributed by atoms with Crippen molar-refractivity contribution in [1.82, 2.24) is 0 Å². The van der Waals surface area contributed by atoms with E-state index in [-0.39, 0.29) is 12.2 Å². The highest BCUT2D eigenvalue weighted by Gasteiger charge is 2.06. The van der Waals surface area contributed by atoms with Crippen LogP contribution in [0.5, 0.6) is 0 Å². The van der Waals surface area contributed by atoms with Crippen molar-refractivity contribution >= 4 is 6.47 Å². The lowest BCUT2D eigenvalue weighted by atomic mass is 10.1. The summed E-state index contributed by atoms with van der Waals surface area (Å²) in [5, 5.41) is 0. The van der Waals surface area contributed by atoms with Crippen LogP contribution in [-0.4, -0.2) is 6.47 Å². The van der Waals surface area contributed by atoms with Gasteiger partial charge < -0.3 is 4.74 Å². The van der Waals surface area contributed by atoms with Gasteiger partial charge >= 0.3 is 6.47 Å². The second-order valence-electron chi connectivity index (χ2n) is 2.42. The molecule has 1 radical (unpaired) electrons. The van der Waals surface area contributed by atoms with Gasteiger partial charge in [0.25, 0.3) is 6.43 Å². The average Bonchev–Trinajstić information content (AvgIpc) is 2.15. The highest BCUT2D eigenvalue weighted by atomic mass is 19.3. The zero-order chi connectivity index (χ0) is 9.68. The Hall–Kier alpha value is -1.45. The summed E-state index contributed by atoms with van der Waals surface area (Å²) in [6, 6.07) is 5.70. The fourth-order valence-corrected chi connectivity index (χ4v) is 0.931. The summed E-state index contributed by atoms with van der Waals surface area (Å²) in [5.41, 5.74) is 0.452. The summed E-state index contributed by atoms with van der Waals surface area (Å²) >= 11 is 0. The minimum atomic E-state index is -2.50. The van der Waals surface area contributed by atoms with Gasteiger partial charge in [-0.2, -0.15) is 0 Å². The molecule has 0 bridgehead atoms. The van der Waals surface area contributed by atoms with Crippen molar-refractivity contribution in [2.24, 2.45) is 0 Å². The van der Waals surface area contributed by atoms with Crippen LogP contribution in [0.25, 0.3) is 0 Å². The molecule has 1 aromatic rings. The first kappa shape index (κ1) is 9.64. The Balaban J connectivity index is 2.73. The molecule has 0 N–H and O–H groups in total. The van der Waals surface area contributed by atoms with Crippen LogP contribution in [0, 0.1) is 0 Å². The van der Waals surface area contributed by atoms with Crippen molar-refractivity contribution in [2.45, 2.75) is 13.0 Å². The van der Waals surface area contributed by atoms with Crippen molar-refractivity contribution in [2.75, 3.05) is 0 Å². The number of hydrogen-bond donors (Lipinski definition) is 0. The molecule has 0 fully saturated rings. The van der Waals surface area contributed by atoms with Crippen LogP contribution in [0.4, 0.5) is 8.78 Å². The van der Waals surface area contributed by atoms with Crippen LogP contribution in [0.1, 0.15) is 17.6 Å². The Morgan fingerprint density at radius 2 is 2.23 bits per heavy atom. The lowest BCUT2D eigenvalue weighted by Crippen LogP contribution is -1.92. The SMILES string of the molecule is O=[C]OCc1cccc(C(F)F)c1. The molecular formula is C9H7F2O2. The quantitative estimate of drug-likeness (QED) is 0.718. The van der Waals surface area contributed by atoms with E-state index in [0.29, 0.717) is 5.56 Å². The molecule has 0 saturated heterocycles. The molecule has 4 heteroatoms. The fourth-order valence-electron chi connectivity index (χ4n) is 0.931. The van der Waals surface area contributed by atoms with E-state index in [2.05, 4.69) is 4.74 Å². The van der Waals surface area contributed by atoms with E-state index < -0.39 is 6.43 Å². The first-order chi connectivity index (χ1) is 6.24. The van der Waals surface area contributed by atoms with Crippen LogP contribution in [0.3, 0.4) is 0 Å². The molecule has 0 aromatic heterocycles. The van der Waals surface area contributed by atoms with Gasteiger partial charge in [0.1, 0.15) is 6.61 Å². The largest absolute Gasteiger partial charge is 0.452 e. The van der Waals surface area contributed by atoms with Crippen LogP contribution in [0.2, 0.25) is 0 Å². The van der Waals surface area contributed by atoms with Crippen LogP contribution < -0.4 is 0 Å². The summed E-state index contributed by atoms with van der Waals surface area (Å²) in [6.45, 7) is 1.20. The topological polar surface area (TPSA) is 26.3 Å². The van der Waals surface area contributed by atoms with Gasteiger partial charge in [-0.15, -0.1) is 0 Å². The molecule has 0 saturated carbocycles. The molecule has 0 unspecified atom stereocenters. The Labute approximate surface area is 74.1 Å². The third-order valence-corrected chi connectivity index (χ3v) is 1.50. The lowest BCUT2D eigenvalue weighted by molar-refractivity contribution is 0.151. The fraction of sp³-hybridized carbons (Fsp3) is 0.222. The van der Waals surface area contributed by atoms with E-state index in [9.17, 15) is 13.6 Å². The first-order valence-corrected chi connectivity index (χ1v) is 3.60. The minimum absolute atomic E-state index is 0.0238. The molecule has 0 spiro atoms. The lowest BCUT2D eigenvalue weighted by Gasteiger charge is -2.02. The second-order valence-corrected chi connectivity index (χ2v) is 2.42. The third-order valence-electron chi connectivity index (χ3n) is 1.50. The Morgan fingerprint density at radius 3 is 2.85 bits per heavy atom. The normalized spacial score (nSPS) is 10.1. The van der Waals surface area contributed by atoms with Gasteiger partial charge in [0.05, 0.1) is 0 Å². The minimum Gasteiger partial charge on any atom is -0.452 e. The molecule has 0 aliphatic rings. The van der Waals surface area contributed by atoms with Gasteiger partial charge in [0.15, 0.2) is 0 Å². The standard InChI is InChI=1S/C9H7F2O2/c10-9(11)8-3-1-2-7(4-8)5-13-6-12/h1-4,9H,5H2. The molecule has 0 aliphatic heterocycles. The summed E-state index contributed by atoms with van der Waals surface area (Å²) < 4.78 is 28.6. The molecule has 1 rings (SSSR count). The molecule has 0 heterocycles. The number of halogens is 2. The molecular weight excluding hydrogens is 178 g/mol. The smallest absolute Gasteiger partial charge is 0.417 e. The Morgan fingerprint density at radius 1 is 1.46 bits per heavy atom. The summed E-state index contributed by atoms with van der Waals surface area (Å²) in [4.78, 5) is 9.70. The molecule has 0 atom stereocenters. The van der Waals surface area contributed by atoms with E-state index >= 15 is 0 Å². The summed E-state index contributed by atoms with van der Waals surface area (Å²) in [6.07, 6.45) is -2.50. The number of benzene rings is 1. The van der Waals surface area contributed by atoms with Gasteiger partial charge in [0, 0.05) is 5.56 Å². The Bertz CT molecular complexity index is 287. The Kier molecular flexibility index (Phi) is 3.37. The monoisotopic (exact) mass is 185 g/mol. The number of alkyl halides is 2. The maximum Gasteiger partial charge on any atom is 0.417 e. The van der Waals surface area contributed by atoms with Crippen LogP contribution in [0.15, 0.2) is 24.3 Å². The zero-order valence-electron chi connectivity index (χ0n) is 6.67. The molecule has 1 aromatic carbocycles. The predicted molar refractivity (Wildman–Crippen MR) is 41.9 cm³/mol. The zero-order valence-corrected chi connectivity index (χ0v) is 6.67. The van der Waals surface area contributed by atoms with Gasteiger partial charge in [-0.3, -0.25) is 0 Å². The molecule has 13 heavy (non-hydrogen) atoms. The van der Waals surface area contributed by atoms with Crippen molar-refractivity contribution in [1.29, 1.82) is 0 Å². The number of hydrogen-bond acceptors (Lipinski definition) is 2. The van der Waals surface area contributed by atoms with E-state index in [4.69, 9.17) is 0 Å². The predicted octanol–water partition coefficient (Wildman–Crippen LogP) is 2.21. The van der Waals surface area contributed by atoms with Crippen LogP contribution >= 0.6 is 0 Å². The van der Waals surface area contributed by atoms with E-state index in [0.717, 1.165) is 0 Å². The van der Waals surface area contributed by atoms with E-state index in [1.165, 1.54) is 24.7 Å². The molecule has 2 nitrogen and oxygen atoms in total. The van der Waals surface area contributed by atoms with Crippen LogP contribution in [-0.2, 0) is 16.1 Å². The summed E-state index contributed by atoms with van der Waals surface area (Å²) in [7, 11) is 0. The maximum absolute atomic E-state index is 12.2. The second kappa shape index (κ2) is 4.54. The average molecular weight is 185 g/mol. The van der Waals surface area contributed by atoms with E-state index in [1.807, 2.05) is 0 Å². The summed E-state index contributed by atoms with van der Waals surface area (Å²) in [5.74, 6) is 0. The van der Waals surface area contributed by atoms with Gasteiger partial charge in [-0.25, -0.2) is 13.6 Å². The number of carbonyl (C=O) groups excluding carboxylic acids is 1.